The SMILES string of the molecule is CCNC(=NCCc1cc(F)ccc1F)NC(C)Cc1c(C)nn(C)c1C. The minimum absolute atomic E-state index is 0.148. The Morgan fingerprint density at radius 1 is 1.30 bits per heavy atom. The van der Waals surface area contributed by atoms with E-state index >= 15 is 0 Å². The van der Waals surface area contributed by atoms with Crippen LogP contribution >= 0.6 is 0 Å². The van der Waals surface area contributed by atoms with Crippen molar-refractivity contribution in [2.45, 2.75) is 46.6 Å². The van der Waals surface area contributed by atoms with Gasteiger partial charge in [0.05, 0.1) is 5.69 Å². The second kappa shape index (κ2) is 9.48. The smallest absolute Gasteiger partial charge is 0.191 e. The Balaban J connectivity index is 1.99. The maximum absolute atomic E-state index is 13.7. The van der Waals surface area contributed by atoms with Gasteiger partial charge < -0.3 is 10.6 Å². The molecule has 148 valence electrons. The lowest BCUT2D eigenvalue weighted by molar-refractivity contribution is 0.584. The maximum Gasteiger partial charge on any atom is 0.191 e. The molecule has 0 amide bonds. The maximum atomic E-state index is 13.7. The van der Waals surface area contributed by atoms with Crippen LogP contribution in [0.15, 0.2) is 23.2 Å². The number of aliphatic imine (C=N–C) groups is 1. The Morgan fingerprint density at radius 3 is 2.67 bits per heavy atom. The Hall–Kier alpha value is -2.44. The monoisotopic (exact) mass is 377 g/mol. The van der Waals surface area contributed by atoms with Crippen LogP contribution in [0.3, 0.4) is 0 Å². The third-order valence-electron chi connectivity index (χ3n) is 4.56. The molecule has 5 nitrogen and oxygen atoms in total. The Kier molecular flexibility index (Phi) is 7.33. The third-order valence-corrected chi connectivity index (χ3v) is 4.56. The number of hydrogen-bond donors (Lipinski definition) is 2. The number of guanidine groups is 1. The third kappa shape index (κ3) is 5.77. The average Bonchev–Trinajstić information content (AvgIpc) is 2.84. The number of nitrogens with one attached hydrogen (secondary N) is 2. The zero-order chi connectivity index (χ0) is 20.0. The fourth-order valence-electron chi connectivity index (χ4n) is 3.05. The lowest BCUT2D eigenvalue weighted by Gasteiger charge is -2.18. The summed E-state index contributed by atoms with van der Waals surface area (Å²) in [6.07, 6.45) is 1.17. The van der Waals surface area contributed by atoms with Crippen molar-refractivity contribution in [2.75, 3.05) is 13.1 Å². The molecule has 0 saturated carbocycles. The van der Waals surface area contributed by atoms with Gasteiger partial charge in [-0.1, -0.05) is 0 Å². The summed E-state index contributed by atoms with van der Waals surface area (Å²) in [4.78, 5) is 4.50. The van der Waals surface area contributed by atoms with E-state index in [0.717, 1.165) is 36.5 Å². The van der Waals surface area contributed by atoms with E-state index in [1.807, 2.05) is 25.6 Å². The van der Waals surface area contributed by atoms with Gasteiger partial charge in [-0.3, -0.25) is 9.67 Å². The highest BCUT2D eigenvalue weighted by Crippen LogP contribution is 2.14. The van der Waals surface area contributed by atoms with Gasteiger partial charge in [0.2, 0.25) is 0 Å². The number of aromatic nitrogens is 2. The molecule has 2 N–H and O–H groups in total. The summed E-state index contributed by atoms with van der Waals surface area (Å²) in [6.45, 7) is 9.25. The molecule has 2 aromatic rings. The van der Waals surface area contributed by atoms with E-state index in [0.29, 0.717) is 24.5 Å². The van der Waals surface area contributed by atoms with Crippen LogP contribution in [-0.2, 0) is 19.9 Å². The number of nitrogens with zero attached hydrogens (tertiary/aromatic N) is 3. The minimum atomic E-state index is -0.434. The van der Waals surface area contributed by atoms with Gasteiger partial charge >= 0.3 is 0 Å². The fourth-order valence-corrected chi connectivity index (χ4v) is 3.05. The topological polar surface area (TPSA) is 54.2 Å². The van der Waals surface area contributed by atoms with Crippen LogP contribution in [0.1, 0.15) is 36.4 Å². The molecule has 1 unspecified atom stereocenters. The highest BCUT2D eigenvalue weighted by Gasteiger charge is 2.14. The number of rotatable bonds is 7. The molecular weight excluding hydrogens is 348 g/mol. The Labute approximate surface area is 159 Å². The van der Waals surface area contributed by atoms with Crippen molar-refractivity contribution in [3.8, 4) is 0 Å². The van der Waals surface area contributed by atoms with Crippen LogP contribution in [0.25, 0.3) is 0 Å². The van der Waals surface area contributed by atoms with Crippen molar-refractivity contribution < 1.29 is 8.78 Å². The van der Waals surface area contributed by atoms with Crippen molar-refractivity contribution in [3.63, 3.8) is 0 Å². The van der Waals surface area contributed by atoms with Gasteiger partial charge in [0.25, 0.3) is 0 Å². The molecule has 1 atom stereocenters. The number of halogens is 2. The molecule has 7 heteroatoms. The summed E-state index contributed by atoms with van der Waals surface area (Å²) in [5.41, 5.74) is 3.76. The van der Waals surface area contributed by atoms with Gasteiger partial charge in [-0.05, 0) is 69.9 Å². The molecule has 0 fully saturated rings. The molecule has 0 aliphatic carbocycles. The van der Waals surface area contributed by atoms with Gasteiger partial charge in [-0.25, -0.2) is 8.78 Å². The van der Waals surface area contributed by atoms with Crippen LogP contribution in [-0.4, -0.2) is 34.9 Å². The molecular formula is C20H29F2N5. The first-order valence-corrected chi connectivity index (χ1v) is 9.29. The normalized spacial score (nSPS) is 12.9. The standard InChI is InChI=1S/C20H29F2N5/c1-6-23-20(24-10-9-16-12-17(21)7-8-19(16)22)25-13(2)11-18-14(3)26-27(5)15(18)4/h7-8,12-13H,6,9-11H2,1-5H3,(H2,23,24,25). The van der Waals surface area contributed by atoms with Gasteiger partial charge in [0.15, 0.2) is 5.96 Å². The van der Waals surface area contributed by atoms with Crippen LogP contribution in [0.2, 0.25) is 0 Å². The highest BCUT2D eigenvalue weighted by molar-refractivity contribution is 5.80. The molecule has 0 aliphatic rings. The predicted molar refractivity (Wildman–Crippen MR) is 105 cm³/mol. The lowest BCUT2D eigenvalue weighted by Crippen LogP contribution is -2.43. The largest absolute Gasteiger partial charge is 0.357 e. The van der Waals surface area contributed by atoms with Gasteiger partial charge in [-0.2, -0.15) is 5.10 Å². The van der Waals surface area contributed by atoms with Crippen molar-refractivity contribution in [2.24, 2.45) is 12.0 Å². The second-order valence-corrected chi connectivity index (χ2v) is 6.77. The van der Waals surface area contributed by atoms with Gasteiger partial charge in [0, 0.05) is 31.9 Å². The Bertz CT molecular complexity index is 798. The van der Waals surface area contributed by atoms with E-state index in [-0.39, 0.29) is 6.04 Å². The molecule has 0 bridgehead atoms. The Morgan fingerprint density at radius 2 is 2.04 bits per heavy atom. The minimum Gasteiger partial charge on any atom is -0.357 e. The fraction of sp³-hybridized carbons (Fsp3) is 0.500. The lowest BCUT2D eigenvalue weighted by atomic mass is 10.1. The molecule has 27 heavy (non-hydrogen) atoms. The number of benzene rings is 1. The van der Waals surface area contributed by atoms with Gasteiger partial charge in [0.1, 0.15) is 11.6 Å². The summed E-state index contributed by atoms with van der Waals surface area (Å²) in [7, 11) is 1.95. The molecule has 1 heterocycles. The first-order valence-electron chi connectivity index (χ1n) is 9.29. The average molecular weight is 377 g/mol. The zero-order valence-corrected chi connectivity index (χ0v) is 16.7. The zero-order valence-electron chi connectivity index (χ0n) is 16.7. The van der Waals surface area contributed by atoms with E-state index in [1.54, 1.807) is 0 Å². The molecule has 0 aliphatic heterocycles. The van der Waals surface area contributed by atoms with E-state index in [4.69, 9.17) is 0 Å². The number of aryl methyl sites for hydroxylation is 2. The van der Waals surface area contributed by atoms with Gasteiger partial charge in [-0.15, -0.1) is 0 Å². The molecule has 0 saturated heterocycles. The summed E-state index contributed by atoms with van der Waals surface area (Å²) < 4.78 is 28.9. The van der Waals surface area contributed by atoms with E-state index in [2.05, 4.69) is 34.6 Å². The van der Waals surface area contributed by atoms with Crippen molar-refractivity contribution in [1.29, 1.82) is 0 Å². The number of hydrogen-bond acceptors (Lipinski definition) is 2. The van der Waals surface area contributed by atoms with Crippen LogP contribution in [0.5, 0.6) is 0 Å². The summed E-state index contributed by atoms with van der Waals surface area (Å²) >= 11 is 0. The van der Waals surface area contributed by atoms with E-state index in [9.17, 15) is 8.78 Å². The van der Waals surface area contributed by atoms with E-state index < -0.39 is 11.6 Å². The quantitative estimate of drug-likeness (QED) is 0.576. The van der Waals surface area contributed by atoms with Crippen molar-refractivity contribution >= 4 is 5.96 Å². The molecule has 0 radical (unpaired) electrons. The second-order valence-electron chi connectivity index (χ2n) is 6.77. The summed E-state index contributed by atoms with van der Waals surface area (Å²) in [5, 5.41) is 11.0. The summed E-state index contributed by atoms with van der Waals surface area (Å²) in [6, 6.07) is 3.65. The molecule has 0 spiro atoms. The molecule has 1 aromatic heterocycles. The highest BCUT2D eigenvalue weighted by atomic mass is 19.1. The van der Waals surface area contributed by atoms with E-state index in [1.165, 1.54) is 11.6 Å². The first-order chi connectivity index (χ1) is 12.8. The molecule has 2 rings (SSSR count). The van der Waals surface area contributed by atoms with Crippen LogP contribution in [0, 0.1) is 25.5 Å². The summed E-state index contributed by atoms with van der Waals surface area (Å²) in [5.74, 6) is -0.169. The molecule has 1 aromatic carbocycles. The van der Waals surface area contributed by atoms with Crippen LogP contribution in [0.4, 0.5) is 8.78 Å². The predicted octanol–water partition coefficient (Wildman–Crippen LogP) is 3.04. The van der Waals surface area contributed by atoms with Crippen LogP contribution < -0.4 is 10.6 Å². The first kappa shape index (κ1) is 20.9. The van der Waals surface area contributed by atoms with Crippen molar-refractivity contribution in [1.82, 2.24) is 20.4 Å². The van der Waals surface area contributed by atoms with Crippen molar-refractivity contribution in [3.05, 3.63) is 52.3 Å².